The molecule has 4 saturated carbocycles. The molecule has 0 spiro atoms. The van der Waals surface area contributed by atoms with Gasteiger partial charge < -0.3 is 9.88 Å². The van der Waals surface area contributed by atoms with Crippen LogP contribution in [0.25, 0.3) is 5.69 Å². The van der Waals surface area contributed by atoms with Gasteiger partial charge in [0.1, 0.15) is 0 Å². The second kappa shape index (κ2) is 6.08. The first-order valence-corrected chi connectivity index (χ1v) is 9.61. The van der Waals surface area contributed by atoms with Crippen molar-refractivity contribution in [1.29, 1.82) is 0 Å². The molecule has 0 unspecified atom stereocenters. The van der Waals surface area contributed by atoms with E-state index in [0.29, 0.717) is 17.5 Å². The summed E-state index contributed by atoms with van der Waals surface area (Å²) in [6.07, 6.45) is 11.3. The Morgan fingerprint density at radius 2 is 1.62 bits per heavy atom. The van der Waals surface area contributed by atoms with Crippen LogP contribution in [0.5, 0.6) is 0 Å². The molecule has 26 heavy (non-hydrogen) atoms. The number of carbonyl (C=O) groups excluding carboxylic acids is 2. The summed E-state index contributed by atoms with van der Waals surface area (Å²) in [6, 6.07) is 7.48. The Kier molecular flexibility index (Phi) is 3.69. The van der Waals surface area contributed by atoms with E-state index >= 15 is 0 Å². The standard InChI is InChI=1S/C21H23N3O2/c25-20(19-15-8-13-7-14(10-15)11-16(19)9-13)21(26)23-17-1-3-18(4-2-17)24-6-5-22-12-24/h1-6,12-16,19H,7-11H2,(H,23,26). The Labute approximate surface area is 152 Å². The molecule has 1 N–H and O–H groups in total. The summed E-state index contributed by atoms with van der Waals surface area (Å²) in [5.41, 5.74) is 1.63. The molecule has 6 rings (SSSR count). The molecular weight excluding hydrogens is 326 g/mol. The molecule has 4 aliphatic carbocycles. The number of Topliss-reactive ketones (excluding diaryl/α,β-unsaturated/α-hetero) is 1. The number of anilines is 1. The number of aromatic nitrogens is 2. The summed E-state index contributed by atoms with van der Waals surface area (Å²) < 4.78 is 1.89. The average Bonchev–Trinajstić information content (AvgIpc) is 3.16. The summed E-state index contributed by atoms with van der Waals surface area (Å²) in [4.78, 5) is 29.5. The van der Waals surface area contributed by atoms with Gasteiger partial charge in [0, 0.05) is 29.7 Å². The van der Waals surface area contributed by atoms with Gasteiger partial charge >= 0.3 is 0 Å². The highest BCUT2D eigenvalue weighted by Gasteiger charge is 2.51. The monoisotopic (exact) mass is 349 g/mol. The molecule has 0 radical (unpaired) electrons. The minimum atomic E-state index is -0.446. The van der Waals surface area contributed by atoms with Gasteiger partial charge in [-0.15, -0.1) is 0 Å². The molecule has 0 atom stereocenters. The summed E-state index contributed by atoms with van der Waals surface area (Å²) in [6.45, 7) is 0. The van der Waals surface area contributed by atoms with Crippen molar-refractivity contribution in [2.24, 2.45) is 29.6 Å². The molecule has 5 nitrogen and oxygen atoms in total. The van der Waals surface area contributed by atoms with Crippen LogP contribution in [0, 0.1) is 29.6 Å². The normalized spacial score (nSPS) is 31.8. The molecule has 1 heterocycles. The van der Waals surface area contributed by atoms with E-state index in [1.165, 1.54) is 6.42 Å². The fourth-order valence-corrected chi connectivity index (χ4v) is 5.83. The van der Waals surface area contributed by atoms with Gasteiger partial charge in [0.2, 0.25) is 5.78 Å². The first-order valence-electron chi connectivity index (χ1n) is 9.61. The lowest BCUT2D eigenvalue weighted by Crippen LogP contribution is -2.50. The number of amides is 1. The van der Waals surface area contributed by atoms with Crippen LogP contribution in [-0.2, 0) is 9.59 Å². The Hall–Kier alpha value is -2.43. The molecule has 4 bridgehead atoms. The minimum absolute atomic E-state index is 0.0481. The molecule has 0 aliphatic heterocycles. The maximum atomic E-state index is 12.9. The molecule has 0 saturated heterocycles. The summed E-state index contributed by atoms with van der Waals surface area (Å²) >= 11 is 0. The predicted molar refractivity (Wildman–Crippen MR) is 97.7 cm³/mol. The Bertz CT molecular complexity index is 797. The lowest BCUT2D eigenvalue weighted by molar-refractivity contribution is -0.145. The zero-order valence-electron chi connectivity index (χ0n) is 14.7. The molecule has 134 valence electrons. The van der Waals surface area contributed by atoms with E-state index in [1.54, 1.807) is 12.5 Å². The van der Waals surface area contributed by atoms with Crippen molar-refractivity contribution in [3.8, 4) is 5.69 Å². The molecule has 1 aromatic heterocycles. The fraction of sp³-hybridized carbons (Fsp3) is 0.476. The summed E-state index contributed by atoms with van der Waals surface area (Å²) in [7, 11) is 0. The first kappa shape index (κ1) is 15.8. The van der Waals surface area contributed by atoms with Gasteiger partial charge in [0.05, 0.1) is 6.33 Å². The van der Waals surface area contributed by atoms with E-state index in [9.17, 15) is 9.59 Å². The topological polar surface area (TPSA) is 64.0 Å². The van der Waals surface area contributed by atoms with Crippen molar-refractivity contribution in [2.75, 3.05) is 5.32 Å². The van der Waals surface area contributed by atoms with Crippen LogP contribution < -0.4 is 5.32 Å². The van der Waals surface area contributed by atoms with Crippen LogP contribution in [0.3, 0.4) is 0 Å². The highest BCUT2D eigenvalue weighted by molar-refractivity contribution is 6.41. The van der Waals surface area contributed by atoms with Crippen molar-refractivity contribution >= 4 is 17.4 Å². The number of benzene rings is 1. The minimum Gasteiger partial charge on any atom is -0.319 e. The molecule has 5 heteroatoms. The number of carbonyl (C=O) groups is 2. The third-order valence-electron chi connectivity index (χ3n) is 6.68. The number of nitrogens with zero attached hydrogens (tertiary/aromatic N) is 2. The molecule has 4 aliphatic rings. The van der Waals surface area contributed by atoms with E-state index in [-0.39, 0.29) is 11.7 Å². The van der Waals surface area contributed by atoms with Crippen LogP contribution >= 0.6 is 0 Å². The second-order valence-corrected chi connectivity index (χ2v) is 8.29. The highest BCUT2D eigenvalue weighted by atomic mass is 16.2. The molecule has 1 amide bonds. The molecule has 1 aromatic carbocycles. The van der Waals surface area contributed by atoms with Crippen LogP contribution in [0.4, 0.5) is 5.69 Å². The fourth-order valence-electron chi connectivity index (χ4n) is 5.83. The zero-order chi connectivity index (χ0) is 17.7. The van der Waals surface area contributed by atoms with Crippen molar-refractivity contribution in [3.63, 3.8) is 0 Å². The van der Waals surface area contributed by atoms with Crippen LogP contribution in [0.2, 0.25) is 0 Å². The number of hydrogen-bond donors (Lipinski definition) is 1. The number of imidazole rings is 1. The molecular formula is C21H23N3O2. The SMILES string of the molecule is O=C(Nc1ccc(-n2ccnc2)cc1)C(=O)C1C2CC3CC(C2)CC1C3. The van der Waals surface area contributed by atoms with Crippen molar-refractivity contribution in [1.82, 2.24) is 9.55 Å². The maximum absolute atomic E-state index is 12.9. The van der Waals surface area contributed by atoms with Gasteiger partial charge in [-0.25, -0.2) is 4.98 Å². The summed E-state index contributed by atoms with van der Waals surface area (Å²) in [5, 5.41) is 2.81. The third-order valence-corrected chi connectivity index (χ3v) is 6.68. The van der Waals surface area contributed by atoms with E-state index in [0.717, 1.165) is 43.2 Å². The van der Waals surface area contributed by atoms with Crippen LogP contribution in [-0.4, -0.2) is 21.2 Å². The van der Waals surface area contributed by atoms with Crippen molar-refractivity contribution in [3.05, 3.63) is 43.0 Å². The number of nitrogens with one attached hydrogen (secondary N) is 1. The lowest BCUT2D eigenvalue weighted by atomic mass is 9.51. The first-order chi connectivity index (χ1) is 12.7. The van der Waals surface area contributed by atoms with Crippen molar-refractivity contribution < 1.29 is 9.59 Å². The van der Waals surface area contributed by atoms with Gasteiger partial charge in [-0.2, -0.15) is 0 Å². The quantitative estimate of drug-likeness (QED) is 0.860. The largest absolute Gasteiger partial charge is 0.319 e. The average molecular weight is 349 g/mol. The maximum Gasteiger partial charge on any atom is 0.292 e. The number of ketones is 1. The number of hydrogen-bond acceptors (Lipinski definition) is 3. The van der Waals surface area contributed by atoms with Crippen molar-refractivity contribution in [2.45, 2.75) is 32.1 Å². The molecule has 2 aromatic rings. The van der Waals surface area contributed by atoms with Gasteiger partial charge in [-0.05, 0) is 80.0 Å². The second-order valence-electron chi connectivity index (χ2n) is 8.29. The Balaban J connectivity index is 1.27. The Morgan fingerprint density at radius 3 is 2.19 bits per heavy atom. The smallest absolute Gasteiger partial charge is 0.292 e. The van der Waals surface area contributed by atoms with E-state index in [4.69, 9.17) is 0 Å². The predicted octanol–water partition coefficient (Wildman–Crippen LogP) is 3.45. The lowest BCUT2D eigenvalue weighted by Gasteiger charge is -2.53. The zero-order valence-corrected chi connectivity index (χ0v) is 14.7. The van der Waals surface area contributed by atoms with E-state index in [1.807, 2.05) is 35.0 Å². The van der Waals surface area contributed by atoms with Crippen LogP contribution in [0.15, 0.2) is 43.0 Å². The van der Waals surface area contributed by atoms with Gasteiger partial charge in [0.15, 0.2) is 0 Å². The number of rotatable bonds is 4. The van der Waals surface area contributed by atoms with Gasteiger partial charge in [-0.1, -0.05) is 0 Å². The third kappa shape index (κ3) is 2.66. The van der Waals surface area contributed by atoms with E-state index < -0.39 is 5.91 Å². The Morgan fingerprint density at radius 1 is 0.962 bits per heavy atom. The highest BCUT2D eigenvalue weighted by Crippen LogP contribution is 2.56. The molecule has 4 fully saturated rings. The van der Waals surface area contributed by atoms with Crippen LogP contribution in [0.1, 0.15) is 32.1 Å². The van der Waals surface area contributed by atoms with E-state index in [2.05, 4.69) is 10.3 Å². The summed E-state index contributed by atoms with van der Waals surface area (Å²) in [5.74, 6) is 1.80. The van der Waals surface area contributed by atoms with Gasteiger partial charge in [0.25, 0.3) is 5.91 Å². The van der Waals surface area contributed by atoms with Gasteiger partial charge in [-0.3, -0.25) is 9.59 Å².